The Morgan fingerprint density at radius 1 is 1.12 bits per heavy atom. The molecule has 1 amide bonds. The van der Waals surface area contributed by atoms with Gasteiger partial charge in [-0.3, -0.25) is 9.69 Å². The fourth-order valence-corrected chi connectivity index (χ4v) is 7.06. The van der Waals surface area contributed by atoms with Gasteiger partial charge in [-0.1, -0.05) is 6.07 Å². The second-order valence-electron chi connectivity index (χ2n) is 10.9. The van der Waals surface area contributed by atoms with Gasteiger partial charge in [0.05, 0.1) is 5.60 Å². The first-order chi connectivity index (χ1) is 16.3. The van der Waals surface area contributed by atoms with E-state index in [1.807, 2.05) is 6.07 Å². The van der Waals surface area contributed by atoms with Gasteiger partial charge in [-0.2, -0.15) is 0 Å². The molecule has 7 heteroatoms. The number of nitrogens with zero attached hydrogens (tertiary/aromatic N) is 1. The van der Waals surface area contributed by atoms with Crippen molar-refractivity contribution in [2.45, 2.75) is 62.1 Å². The highest BCUT2D eigenvalue weighted by molar-refractivity contribution is 5.80. The molecule has 4 aliphatic rings. The molecule has 1 heterocycles. The lowest BCUT2D eigenvalue weighted by Gasteiger charge is -2.59. The van der Waals surface area contributed by atoms with Gasteiger partial charge in [-0.25, -0.2) is 8.78 Å². The van der Waals surface area contributed by atoms with E-state index >= 15 is 0 Å². The number of benzene rings is 2. The van der Waals surface area contributed by atoms with Crippen molar-refractivity contribution < 1.29 is 23.8 Å². The number of amides is 1. The molecule has 2 saturated carbocycles. The van der Waals surface area contributed by atoms with Crippen molar-refractivity contribution in [3.63, 3.8) is 0 Å². The number of aliphatic hydroxyl groups is 1. The fraction of sp³-hybridized carbons (Fsp3) is 0.519. The highest BCUT2D eigenvalue weighted by atomic mass is 19.1. The van der Waals surface area contributed by atoms with Crippen LogP contribution in [0.3, 0.4) is 0 Å². The Balaban J connectivity index is 1.29. The van der Waals surface area contributed by atoms with Crippen LogP contribution in [-0.2, 0) is 23.2 Å². The van der Waals surface area contributed by atoms with Crippen LogP contribution in [0.5, 0.6) is 5.75 Å². The van der Waals surface area contributed by atoms with Crippen molar-refractivity contribution in [2.24, 2.45) is 11.8 Å². The number of carbonyl (C=O) groups is 1. The Labute approximate surface area is 197 Å². The normalized spacial score (nSPS) is 32.2. The summed E-state index contributed by atoms with van der Waals surface area (Å²) < 4.78 is 27.1. The minimum atomic E-state index is -1.06. The molecule has 0 radical (unpaired) electrons. The second-order valence-corrected chi connectivity index (χ2v) is 10.9. The van der Waals surface area contributed by atoms with Crippen LogP contribution in [0.25, 0.3) is 0 Å². The molecular weight excluding hydrogens is 438 g/mol. The number of hydrogen-bond donors (Lipinski definition) is 3. The standard InChI is InChI=1S/C27H30F2N2O3/c28-20-7-17(8-21(29)10-20)14-30-25(33)19-12-26-5-6-31(15-16-1-2-16)24(27(26,34)13-19)9-18-3-4-22(32)11-23(18)26/h3-4,7-8,10-11,16,19,24,32,34H,1-2,5-6,9,12-15H2,(H,30,33)/t19-,24-,26-,27-/m1/s1. The molecule has 0 spiro atoms. The number of aromatic hydroxyl groups is 1. The third kappa shape index (κ3) is 3.43. The summed E-state index contributed by atoms with van der Waals surface area (Å²) in [6, 6.07) is 8.63. The van der Waals surface area contributed by atoms with Crippen LogP contribution in [0.4, 0.5) is 8.78 Å². The van der Waals surface area contributed by atoms with Gasteiger partial charge >= 0.3 is 0 Å². The summed E-state index contributed by atoms with van der Waals surface area (Å²) in [7, 11) is 0. The van der Waals surface area contributed by atoms with E-state index < -0.39 is 28.6 Å². The Morgan fingerprint density at radius 2 is 1.88 bits per heavy atom. The summed E-state index contributed by atoms with van der Waals surface area (Å²) in [6.07, 6.45) is 4.76. The van der Waals surface area contributed by atoms with Gasteiger partial charge in [-0.05, 0) is 91.9 Å². The molecule has 0 aromatic heterocycles. The zero-order valence-corrected chi connectivity index (χ0v) is 19.1. The molecule has 4 atom stereocenters. The largest absolute Gasteiger partial charge is 0.508 e. The number of piperidine rings is 1. The molecule has 3 N–H and O–H groups in total. The lowest BCUT2D eigenvalue weighted by atomic mass is 9.56. The number of carbonyl (C=O) groups excluding carboxylic acids is 1. The van der Waals surface area contributed by atoms with Crippen LogP contribution < -0.4 is 5.32 Å². The number of phenols is 1. The lowest BCUT2D eigenvalue weighted by Crippen LogP contribution is -2.69. The van der Waals surface area contributed by atoms with Gasteiger partial charge in [-0.15, -0.1) is 0 Å². The Bertz CT molecular complexity index is 1130. The molecule has 180 valence electrons. The van der Waals surface area contributed by atoms with E-state index in [-0.39, 0.29) is 24.2 Å². The Kier molecular flexibility index (Phi) is 5.01. The average molecular weight is 469 g/mol. The average Bonchev–Trinajstić information content (AvgIpc) is 3.53. The smallest absolute Gasteiger partial charge is 0.223 e. The summed E-state index contributed by atoms with van der Waals surface area (Å²) >= 11 is 0. The van der Waals surface area contributed by atoms with Crippen LogP contribution in [0, 0.1) is 23.5 Å². The first-order valence-electron chi connectivity index (χ1n) is 12.3. The quantitative estimate of drug-likeness (QED) is 0.629. The minimum absolute atomic E-state index is 0.0318. The van der Waals surface area contributed by atoms with E-state index in [1.54, 1.807) is 12.1 Å². The summed E-state index contributed by atoms with van der Waals surface area (Å²) in [6.45, 7) is 1.89. The maximum absolute atomic E-state index is 13.5. The second kappa shape index (κ2) is 7.75. The summed E-state index contributed by atoms with van der Waals surface area (Å²) in [5.74, 6) is -1.10. The number of likely N-dealkylation sites (tertiary alicyclic amines) is 1. The Morgan fingerprint density at radius 3 is 2.62 bits per heavy atom. The molecule has 0 unspecified atom stereocenters. The molecule has 2 bridgehead atoms. The predicted octanol–water partition coefficient (Wildman–Crippen LogP) is 3.41. The number of rotatable bonds is 5. The monoisotopic (exact) mass is 468 g/mol. The summed E-state index contributed by atoms with van der Waals surface area (Å²) in [5, 5.41) is 25.4. The van der Waals surface area contributed by atoms with E-state index in [2.05, 4.69) is 10.2 Å². The number of hydrogen-bond acceptors (Lipinski definition) is 4. The van der Waals surface area contributed by atoms with E-state index in [0.29, 0.717) is 30.7 Å². The van der Waals surface area contributed by atoms with Crippen molar-refractivity contribution in [1.82, 2.24) is 10.2 Å². The van der Waals surface area contributed by atoms with Gasteiger partial charge in [0.25, 0.3) is 0 Å². The molecule has 1 saturated heterocycles. The zero-order valence-electron chi connectivity index (χ0n) is 19.1. The van der Waals surface area contributed by atoms with Crippen molar-refractivity contribution in [3.05, 3.63) is 64.7 Å². The molecule has 5 nitrogen and oxygen atoms in total. The van der Waals surface area contributed by atoms with Gasteiger partial charge in [0.1, 0.15) is 17.4 Å². The molecule has 34 heavy (non-hydrogen) atoms. The van der Waals surface area contributed by atoms with E-state index in [4.69, 9.17) is 0 Å². The number of phenolic OH excluding ortho intramolecular Hbond substituents is 1. The third-order valence-corrected chi connectivity index (χ3v) is 8.77. The van der Waals surface area contributed by atoms with Crippen molar-refractivity contribution in [2.75, 3.05) is 13.1 Å². The SMILES string of the molecule is O=C(NCc1cc(F)cc(F)c1)[C@@H]1C[C@]23CCN(CC4CC4)[C@H](Cc4ccc(O)cc42)[C@]3(O)C1. The molecule has 2 aromatic carbocycles. The zero-order chi connectivity index (χ0) is 23.7. The maximum Gasteiger partial charge on any atom is 0.223 e. The van der Waals surface area contributed by atoms with Crippen molar-refractivity contribution in [3.8, 4) is 5.75 Å². The highest BCUT2D eigenvalue weighted by Crippen LogP contribution is 2.62. The molecule has 2 aromatic rings. The van der Waals surface area contributed by atoms with Gasteiger partial charge < -0.3 is 15.5 Å². The van der Waals surface area contributed by atoms with E-state index in [0.717, 1.165) is 36.7 Å². The molecule has 3 aliphatic carbocycles. The molecule has 6 rings (SSSR count). The number of nitrogens with one attached hydrogen (secondary N) is 1. The molecule has 1 aliphatic heterocycles. The topological polar surface area (TPSA) is 72.8 Å². The first kappa shape index (κ1) is 22.0. The highest BCUT2D eigenvalue weighted by Gasteiger charge is 2.68. The van der Waals surface area contributed by atoms with Crippen LogP contribution in [-0.4, -0.2) is 45.8 Å². The maximum atomic E-state index is 13.5. The summed E-state index contributed by atoms with van der Waals surface area (Å²) in [5.41, 5.74) is 0.831. The van der Waals surface area contributed by atoms with Crippen molar-refractivity contribution in [1.29, 1.82) is 0 Å². The fourth-order valence-electron chi connectivity index (χ4n) is 7.06. The van der Waals surface area contributed by atoms with Gasteiger partial charge in [0.2, 0.25) is 5.91 Å². The lowest BCUT2D eigenvalue weighted by molar-refractivity contribution is -0.134. The first-order valence-corrected chi connectivity index (χ1v) is 12.3. The van der Waals surface area contributed by atoms with Crippen LogP contribution in [0.1, 0.15) is 48.8 Å². The summed E-state index contributed by atoms with van der Waals surface area (Å²) in [4.78, 5) is 15.7. The number of halogens is 2. The molecular formula is C27H30F2N2O3. The predicted molar refractivity (Wildman–Crippen MR) is 122 cm³/mol. The Hall–Kier alpha value is -2.51. The van der Waals surface area contributed by atoms with Crippen LogP contribution >= 0.6 is 0 Å². The van der Waals surface area contributed by atoms with E-state index in [9.17, 15) is 23.8 Å². The molecule has 3 fully saturated rings. The van der Waals surface area contributed by atoms with Gasteiger partial charge in [0.15, 0.2) is 0 Å². The minimum Gasteiger partial charge on any atom is -0.508 e. The van der Waals surface area contributed by atoms with Gasteiger partial charge in [0, 0.05) is 36.5 Å². The van der Waals surface area contributed by atoms with Crippen LogP contribution in [0.15, 0.2) is 36.4 Å². The third-order valence-electron chi connectivity index (χ3n) is 8.77. The number of fused-ring (bicyclic) bond motifs is 1. The van der Waals surface area contributed by atoms with E-state index in [1.165, 1.54) is 25.0 Å². The van der Waals surface area contributed by atoms with Crippen LogP contribution in [0.2, 0.25) is 0 Å². The van der Waals surface area contributed by atoms with Crippen molar-refractivity contribution >= 4 is 5.91 Å².